The van der Waals surface area contributed by atoms with Crippen molar-refractivity contribution < 1.29 is 28.2 Å². The summed E-state index contributed by atoms with van der Waals surface area (Å²) in [6.45, 7) is 10.1. The van der Waals surface area contributed by atoms with Crippen LogP contribution in [0.25, 0.3) is 23.0 Å². The molecule has 0 bridgehead atoms. The van der Waals surface area contributed by atoms with Crippen molar-refractivity contribution in [2.45, 2.75) is 59.3 Å². The van der Waals surface area contributed by atoms with Crippen LogP contribution in [0.2, 0.25) is 0 Å². The summed E-state index contributed by atoms with van der Waals surface area (Å²) in [5.74, 6) is -0.0701. The summed E-state index contributed by atoms with van der Waals surface area (Å²) < 4.78 is 28.3. The van der Waals surface area contributed by atoms with Crippen molar-refractivity contribution in [1.82, 2.24) is 35.3 Å². The highest BCUT2D eigenvalue weighted by atomic mass is 19.1. The minimum Gasteiger partial charge on any atom is -0.489 e. The molecule has 0 fully saturated rings. The van der Waals surface area contributed by atoms with Crippen molar-refractivity contribution in [3.05, 3.63) is 42.2 Å². The molecule has 3 heterocycles. The molecule has 13 heteroatoms. The van der Waals surface area contributed by atoms with Crippen LogP contribution in [0.1, 0.15) is 47.1 Å². The van der Waals surface area contributed by atoms with E-state index in [-0.39, 0.29) is 37.9 Å². The van der Waals surface area contributed by atoms with E-state index in [1.54, 1.807) is 76.9 Å². The number of pyridine rings is 2. The van der Waals surface area contributed by atoms with E-state index in [1.807, 2.05) is 0 Å². The van der Waals surface area contributed by atoms with Gasteiger partial charge >= 0.3 is 11.9 Å². The Balaban J connectivity index is 1.68. The van der Waals surface area contributed by atoms with Crippen molar-refractivity contribution in [2.24, 2.45) is 0 Å². The number of hydrogen-bond donors (Lipinski definition) is 0. The maximum Gasteiger partial charge on any atom is 0.320 e. The Morgan fingerprint density at radius 2 is 1.27 bits per heavy atom. The van der Waals surface area contributed by atoms with Crippen LogP contribution in [0.15, 0.2) is 36.7 Å². The maximum absolute atomic E-state index is 12.5. The average molecular weight is 556 g/mol. The molecule has 3 aromatic rings. The zero-order valence-electron chi connectivity index (χ0n) is 23.5. The number of aromatic nitrogens is 6. The molecule has 0 aromatic carbocycles. The van der Waals surface area contributed by atoms with E-state index in [0.717, 1.165) is 5.56 Å². The number of rotatable bonds is 11. The van der Waals surface area contributed by atoms with Gasteiger partial charge in [0.05, 0.1) is 19.3 Å². The Hall–Kier alpha value is -4.13. The predicted molar refractivity (Wildman–Crippen MR) is 143 cm³/mol. The Kier molecular flexibility index (Phi) is 10.1. The fourth-order valence-corrected chi connectivity index (χ4v) is 3.38. The van der Waals surface area contributed by atoms with Crippen LogP contribution in [0.5, 0.6) is 5.75 Å². The number of nitrogens with zero attached hydrogens (tertiary/aromatic N) is 7. The fourth-order valence-electron chi connectivity index (χ4n) is 3.38. The Morgan fingerprint density at radius 1 is 0.775 bits per heavy atom. The molecule has 0 saturated carbocycles. The van der Waals surface area contributed by atoms with E-state index < -0.39 is 29.8 Å². The first-order chi connectivity index (χ1) is 18.8. The summed E-state index contributed by atoms with van der Waals surface area (Å²) in [5, 5.41) is 16.3. The lowest BCUT2D eigenvalue weighted by molar-refractivity contribution is -0.160. The summed E-state index contributed by atoms with van der Waals surface area (Å²) in [5.41, 5.74) is 0.299. The fraction of sp³-hybridized carbons (Fsp3) is 0.481. The first kappa shape index (κ1) is 30.4. The summed E-state index contributed by atoms with van der Waals surface area (Å²) >= 11 is 0. The second kappa shape index (κ2) is 13.3. The molecular weight excluding hydrogens is 521 g/mol. The van der Waals surface area contributed by atoms with E-state index in [2.05, 4.69) is 30.4 Å². The molecule has 0 aliphatic carbocycles. The molecule has 0 atom stereocenters. The minimum absolute atomic E-state index is 0.0490. The third-order valence-corrected chi connectivity index (χ3v) is 4.80. The van der Waals surface area contributed by atoms with Gasteiger partial charge in [-0.3, -0.25) is 19.5 Å². The van der Waals surface area contributed by atoms with Gasteiger partial charge < -0.3 is 14.2 Å². The summed E-state index contributed by atoms with van der Waals surface area (Å²) in [6, 6.07) is 6.74. The highest BCUT2D eigenvalue weighted by Gasteiger charge is 2.24. The van der Waals surface area contributed by atoms with Crippen molar-refractivity contribution in [3.63, 3.8) is 0 Å². The van der Waals surface area contributed by atoms with Gasteiger partial charge in [-0.05, 0) is 65.3 Å². The smallest absolute Gasteiger partial charge is 0.320 e. The predicted octanol–water partition coefficient (Wildman–Crippen LogP) is 3.22. The molecule has 3 aromatic heterocycles. The summed E-state index contributed by atoms with van der Waals surface area (Å²) in [4.78, 5) is 35.1. The highest BCUT2D eigenvalue weighted by molar-refractivity contribution is 5.75. The molecule has 0 unspecified atom stereocenters. The number of carbonyl (C=O) groups excluding carboxylic acids is 2. The lowest BCUT2D eigenvalue weighted by Gasteiger charge is -2.26. The van der Waals surface area contributed by atoms with Crippen molar-refractivity contribution in [2.75, 3.05) is 26.4 Å². The molecule has 214 valence electrons. The second-order valence-electron chi connectivity index (χ2n) is 10.8. The molecule has 0 saturated heterocycles. The molecule has 0 amide bonds. The Bertz CT molecular complexity index is 1230. The van der Waals surface area contributed by atoms with Gasteiger partial charge in [0.2, 0.25) is 11.6 Å². The van der Waals surface area contributed by atoms with Crippen molar-refractivity contribution >= 4 is 11.9 Å². The molecule has 0 aliphatic rings. The van der Waals surface area contributed by atoms with E-state index in [9.17, 15) is 14.0 Å². The van der Waals surface area contributed by atoms with Crippen molar-refractivity contribution in [1.29, 1.82) is 0 Å². The van der Waals surface area contributed by atoms with Crippen molar-refractivity contribution in [3.8, 4) is 28.8 Å². The number of esters is 2. The van der Waals surface area contributed by atoms with Crippen LogP contribution in [-0.4, -0.2) is 84.8 Å². The van der Waals surface area contributed by atoms with Gasteiger partial charge in [0.1, 0.15) is 41.6 Å². The molecular formula is C27H34FN7O5. The third kappa shape index (κ3) is 10.2. The van der Waals surface area contributed by atoms with E-state index in [0.29, 0.717) is 17.1 Å². The normalized spacial score (nSPS) is 11.8. The summed E-state index contributed by atoms with van der Waals surface area (Å²) in [7, 11) is 0. The van der Waals surface area contributed by atoms with E-state index >= 15 is 0 Å². The Morgan fingerprint density at radius 3 is 1.68 bits per heavy atom. The molecule has 0 aliphatic heterocycles. The monoisotopic (exact) mass is 555 g/mol. The van der Waals surface area contributed by atoms with Gasteiger partial charge in [0.25, 0.3) is 0 Å². The standard InChI is InChI=1S/C27H34FN7O5/c1-26(2,3)39-22(36)16-35(17-23(37)40-27(4,5)6)15-18-7-9-20(29-13-18)24-31-33-25(34-32-24)21-10-8-19(14-30-21)38-12-11-28/h7-10,13-14H,11-12,15-17H2,1-6H3. The van der Waals surface area contributed by atoms with Crippen LogP contribution in [0, 0.1) is 0 Å². The molecule has 0 radical (unpaired) electrons. The third-order valence-electron chi connectivity index (χ3n) is 4.80. The second-order valence-corrected chi connectivity index (χ2v) is 10.8. The van der Waals surface area contributed by atoms with Gasteiger partial charge in [-0.15, -0.1) is 20.4 Å². The topological polar surface area (TPSA) is 142 Å². The number of halogens is 1. The molecule has 12 nitrogen and oxygen atoms in total. The zero-order chi connectivity index (χ0) is 29.3. The highest BCUT2D eigenvalue weighted by Crippen LogP contribution is 2.17. The largest absolute Gasteiger partial charge is 0.489 e. The van der Waals surface area contributed by atoms with Crippen LogP contribution in [-0.2, 0) is 25.6 Å². The molecule has 3 rings (SSSR count). The number of ether oxygens (including phenoxy) is 3. The first-order valence-corrected chi connectivity index (χ1v) is 12.7. The Labute approximate surface area is 232 Å². The quantitative estimate of drug-likeness (QED) is 0.321. The number of carbonyl (C=O) groups is 2. The lowest BCUT2D eigenvalue weighted by atomic mass is 10.2. The maximum atomic E-state index is 12.5. The van der Waals surface area contributed by atoms with Crippen LogP contribution >= 0.6 is 0 Å². The zero-order valence-corrected chi connectivity index (χ0v) is 23.5. The number of alkyl halides is 1. The van der Waals surface area contributed by atoms with Crippen LogP contribution in [0.4, 0.5) is 4.39 Å². The van der Waals surface area contributed by atoms with Gasteiger partial charge in [-0.2, -0.15) is 0 Å². The summed E-state index contributed by atoms with van der Waals surface area (Å²) in [6.07, 6.45) is 3.04. The lowest BCUT2D eigenvalue weighted by Crippen LogP contribution is -2.39. The van der Waals surface area contributed by atoms with Crippen LogP contribution in [0.3, 0.4) is 0 Å². The van der Waals surface area contributed by atoms with E-state index in [1.165, 1.54) is 6.20 Å². The molecule has 40 heavy (non-hydrogen) atoms. The van der Waals surface area contributed by atoms with Gasteiger partial charge in [0.15, 0.2) is 0 Å². The molecule has 0 N–H and O–H groups in total. The SMILES string of the molecule is CC(C)(C)OC(=O)CN(CC(=O)OC(C)(C)C)Cc1ccc(-c2nnc(-c3ccc(OCCF)cn3)nn2)nc1. The van der Waals surface area contributed by atoms with Gasteiger partial charge in [0, 0.05) is 12.7 Å². The number of hydrogen-bond acceptors (Lipinski definition) is 12. The van der Waals surface area contributed by atoms with Crippen LogP contribution < -0.4 is 4.74 Å². The van der Waals surface area contributed by atoms with E-state index in [4.69, 9.17) is 14.2 Å². The first-order valence-electron chi connectivity index (χ1n) is 12.7. The molecule has 0 spiro atoms. The van der Waals surface area contributed by atoms with Gasteiger partial charge in [-0.25, -0.2) is 9.37 Å². The van der Waals surface area contributed by atoms with Gasteiger partial charge in [-0.1, -0.05) is 6.07 Å². The minimum atomic E-state index is -0.653. The average Bonchev–Trinajstić information content (AvgIpc) is 2.86.